The van der Waals surface area contributed by atoms with E-state index in [-0.39, 0.29) is 12.2 Å². The molecule has 3 aromatic rings. The highest BCUT2D eigenvalue weighted by molar-refractivity contribution is 9.11. The minimum atomic E-state index is -0.626. The van der Waals surface area contributed by atoms with Gasteiger partial charge in [-0.25, -0.2) is 9.79 Å². The number of benzene rings is 1. The standard InChI is InChI=1S/C22H19BrN2O4S2/c1-4-29-21(27)18-12(2)24-22-25(19(18)13-5-7-14(28-3)8-6-13)20(26)16(31-22)11-15-9-10-17(23)30-15/h5-11,19H,4H2,1-3H3/b16-11+/t19-/m1/s1. The van der Waals surface area contributed by atoms with Gasteiger partial charge < -0.3 is 9.47 Å². The second kappa shape index (κ2) is 8.94. The first-order chi connectivity index (χ1) is 14.9. The van der Waals surface area contributed by atoms with Crippen molar-refractivity contribution in [1.29, 1.82) is 0 Å². The van der Waals surface area contributed by atoms with Crippen molar-refractivity contribution in [2.24, 2.45) is 4.99 Å². The molecule has 0 amide bonds. The summed E-state index contributed by atoms with van der Waals surface area (Å²) in [5.41, 5.74) is 1.50. The fourth-order valence-corrected chi connectivity index (χ4v) is 5.91. The molecule has 0 unspecified atom stereocenters. The monoisotopic (exact) mass is 518 g/mol. The molecule has 0 fully saturated rings. The Labute approximate surface area is 194 Å². The molecule has 4 rings (SSSR count). The van der Waals surface area contributed by atoms with Gasteiger partial charge in [-0.1, -0.05) is 23.5 Å². The molecular weight excluding hydrogens is 500 g/mol. The van der Waals surface area contributed by atoms with Gasteiger partial charge in [-0.15, -0.1) is 11.3 Å². The molecule has 6 nitrogen and oxygen atoms in total. The molecule has 1 aromatic carbocycles. The molecule has 0 saturated heterocycles. The van der Waals surface area contributed by atoms with E-state index in [9.17, 15) is 9.59 Å². The largest absolute Gasteiger partial charge is 0.497 e. The maximum Gasteiger partial charge on any atom is 0.338 e. The predicted molar refractivity (Wildman–Crippen MR) is 125 cm³/mol. The number of esters is 1. The number of nitrogens with zero attached hydrogens (tertiary/aromatic N) is 2. The van der Waals surface area contributed by atoms with Crippen LogP contribution in [0.5, 0.6) is 5.75 Å². The number of fused-ring (bicyclic) bond motifs is 1. The highest BCUT2D eigenvalue weighted by Gasteiger charge is 2.33. The van der Waals surface area contributed by atoms with Crippen molar-refractivity contribution in [3.8, 4) is 5.75 Å². The second-order valence-corrected chi connectivity index (χ2v) is 10.2. The summed E-state index contributed by atoms with van der Waals surface area (Å²) in [6, 6.07) is 10.6. The molecule has 0 saturated carbocycles. The van der Waals surface area contributed by atoms with Gasteiger partial charge in [-0.05, 0) is 65.7 Å². The van der Waals surface area contributed by atoms with E-state index < -0.39 is 12.0 Å². The van der Waals surface area contributed by atoms with Crippen LogP contribution in [0, 0.1) is 0 Å². The third-order valence-corrected chi connectivity index (χ3v) is 7.37. The maximum atomic E-state index is 13.4. The lowest BCUT2D eigenvalue weighted by molar-refractivity contribution is -0.139. The summed E-state index contributed by atoms with van der Waals surface area (Å²) in [6.45, 7) is 3.77. The average Bonchev–Trinajstić information content (AvgIpc) is 3.30. The molecule has 0 N–H and O–H groups in total. The van der Waals surface area contributed by atoms with Crippen molar-refractivity contribution < 1.29 is 14.3 Å². The van der Waals surface area contributed by atoms with E-state index >= 15 is 0 Å². The van der Waals surface area contributed by atoms with Gasteiger partial charge in [0.2, 0.25) is 0 Å². The number of thiazole rings is 1. The highest BCUT2D eigenvalue weighted by Crippen LogP contribution is 2.31. The molecule has 1 aliphatic rings. The smallest absolute Gasteiger partial charge is 0.338 e. The van der Waals surface area contributed by atoms with Gasteiger partial charge in [0.25, 0.3) is 5.56 Å². The Kier molecular flexibility index (Phi) is 6.27. The van der Waals surface area contributed by atoms with E-state index in [1.165, 1.54) is 11.3 Å². The predicted octanol–water partition coefficient (Wildman–Crippen LogP) is 3.63. The Bertz CT molecular complexity index is 1350. The molecule has 0 bridgehead atoms. The highest BCUT2D eigenvalue weighted by atomic mass is 79.9. The lowest BCUT2D eigenvalue weighted by atomic mass is 9.96. The van der Waals surface area contributed by atoms with Crippen LogP contribution >= 0.6 is 38.6 Å². The number of aromatic nitrogens is 1. The molecular formula is C22H19BrN2O4S2. The summed E-state index contributed by atoms with van der Waals surface area (Å²) in [4.78, 5) is 32.4. The lowest BCUT2D eigenvalue weighted by Gasteiger charge is -2.24. The minimum Gasteiger partial charge on any atom is -0.497 e. The molecule has 0 aliphatic carbocycles. The van der Waals surface area contributed by atoms with Crippen LogP contribution in [-0.4, -0.2) is 24.3 Å². The van der Waals surface area contributed by atoms with E-state index in [1.54, 1.807) is 36.9 Å². The SMILES string of the molecule is CCOC(=O)C1=C(C)N=c2s/c(=C/c3ccc(Br)s3)c(=O)n2[C@@H]1c1ccc(OC)cc1. The van der Waals surface area contributed by atoms with Gasteiger partial charge in [0, 0.05) is 4.88 Å². The third-order valence-electron chi connectivity index (χ3n) is 4.82. The average molecular weight is 519 g/mol. The quantitative estimate of drug-likeness (QED) is 0.483. The Morgan fingerprint density at radius 3 is 2.58 bits per heavy atom. The molecule has 0 spiro atoms. The maximum absolute atomic E-state index is 13.4. The summed E-state index contributed by atoms with van der Waals surface area (Å²) >= 11 is 6.30. The summed E-state index contributed by atoms with van der Waals surface area (Å²) in [5, 5.41) is 0. The number of hydrogen-bond donors (Lipinski definition) is 0. The van der Waals surface area contributed by atoms with Crippen LogP contribution in [-0.2, 0) is 9.53 Å². The van der Waals surface area contributed by atoms with E-state index in [0.29, 0.717) is 26.4 Å². The number of hydrogen-bond acceptors (Lipinski definition) is 7. The molecule has 1 aliphatic heterocycles. The zero-order valence-electron chi connectivity index (χ0n) is 17.0. The number of rotatable bonds is 5. The summed E-state index contributed by atoms with van der Waals surface area (Å²) in [5.74, 6) is 0.221. The van der Waals surface area contributed by atoms with Crippen LogP contribution in [0.4, 0.5) is 0 Å². The van der Waals surface area contributed by atoms with Crippen LogP contribution in [0.15, 0.2) is 61.2 Å². The van der Waals surface area contributed by atoms with Crippen molar-refractivity contribution in [3.63, 3.8) is 0 Å². The fraction of sp³-hybridized carbons (Fsp3) is 0.227. The van der Waals surface area contributed by atoms with Crippen molar-refractivity contribution >= 4 is 50.6 Å². The number of thiophene rings is 1. The molecule has 31 heavy (non-hydrogen) atoms. The first kappa shape index (κ1) is 21.7. The van der Waals surface area contributed by atoms with Crippen LogP contribution in [0.25, 0.3) is 6.08 Å². The van der Waals surface area contributed by atoms with Gasteiger partial charge in [0.05, 0.1) is 39.3 Å². The summed E-state index contributed by atoms with van der Waals surface area (Å²) < 4.78 is 13.7. The number of carbonyl (C=O) groups excluding carboxylic acids is 1. The van der Waals surface area contributed by atoms with Crippen molar-refractivity contribution in [1.82, 2.24) is 4.57 Å². The number of carbonyl (C=O) groups is 1. The normalized spacial score (nSPS) is 16.1. The van der Waals surface area contributed by atoms with E-state index in [2.05, 4.69) is 20.9 Å². The van der Waals surface area contributed by atoms with E-state index in [4.69, 9.17) is 9.47 Å². The van der Waals surface area contributed by atoms with Crippen LogP contribution in [0.2, 0.25) is 0 Å². The first-order valence-corrected chi connectivity index (χ1v) is 11.9. The van der Waals surface area contributed by atoms with Gasteiger partial charge in [0.15, 0.2) is 4.80 Å². The third kappa shape index (κ3) is 4.17. The number of ether oxygens (including phenoxy) is 2. The molecule has 3 heterocycles. The minimum absolute atomic E-state index is 0.191. The van der Waals surface area contributed by atoms with Crippen LogP contribution in [0.1, 0.15) is 30.3 Å². The topological polar surface area (TPSA) is 69.9 Å². The second-order valence-electron chi connectivity index (χ2n) is 6.72. The number of halogens is 1. The lowest BCUT2D eigenvalue weighted by Crippen LogP contribution is -2.39. The van der Waals surface area contributed by atoms with Crippen LogP contribution < -0.4 is 19.6 Å². The molecule has 2 aromatic heterocycles. The van der Waals surface area contributed by atoms with Gasteiger partial charge >= 0.3 is 5.97 Å². The zero-order chi connectivity index (χ0) is 22.1. The molecule has 1 atom stereocenters. The number of allylic oxidation sites excluding steroid dienone is 1. The Morgan fingerprint density at radius 1 is 1.23 bits per heavy atom. The number of methoxy groups -OCH3 is 1. The Balaban J connectivity index is 1.94. The Hall–Kier alpha value is -2.49. The van der Waals surface area contributed by atoms with Crippen LogP contribution in [0.3, 0.4) is 0 Å². The molecule has 0 radical (unpaired) electrons. The molecule has 9 heteroatoms. The summed E-state index contributed by atoms with van der Waals surface area (Å²) in [7, 11) is 1.59. The Morgan fingerprint density at radius 2 is 1.97 bits per heavy atom. The fourth-order valence-electron chi connectivity index (χ4n) is 3.43. The zero-order valence-corrected chi connectivity index (χ0v) is 20.3. The van der Waals surface area contributed by atoms with Gasteiger partial charge in [-0.3, -0.25) is 9.36 Å². The van der Waals surface area contributed by atoms with E-state index in [0.717, 1.165) is 14.2 Å². The van der Waals surface area contributed by atoms with Gasteiger partial charge in [0.1, 0.15) is 5.75 Å². The van der Waals surface area contributed by atoms with Gasteiger partial charge in [-0.2, -0.15) is 0 Å². The summed E-state index contributed by atoms with van der Waals surface area (Å²) in [6.07, 6.45) is 1.85. The first-order valence-electron chi connectivity index (χ1n) is 9.52. The van der Waals surface area contributed by atoms with Crippen molar-refractivity contribution in [2.75, 3.05) is 13.7 Å². The molecule has 160 valence electrons. The van der Waals surface area contributed by atoms with Crippen molar-refractivity contribution in [3.05, 3.63) is 81.6 Å². The van der Waals surface area contributed by atoms with E-state index in [1.807, 2.05) is 42.5 Å². The van der Waals surface area contributed by atoms with Crippen molar-refractivity contribution in [2.45, 2.75) is 19.9 Å².